The number of sulfonamides is 1. The molecule has 1 aliphatic heterocycles. The molecule has 3 rings (SSSR count). The van der Waals surface area contributed by atoms with E-state index in [0.717, 1.165) is 25.1 Å². The van der Waals surface area contributed by atoms with E-state index in [9.17, 15) is 8.42 Å². The molecule has 0 aromatic heterocycles. The van der Waals surface area contributed by atoms with Crippen LogP contribution in [0.5, 0.6) is 0 Å². The second-order valence-corrected chi connectivity index (χ2v) is 6.65. The van der Waals surface area contributed by atoms with Crippen LogP contribution >= 0.6 is 0 Å². The Morgan fingerprint density at radius 3 is 2.48 bits per heavy atom. The van der Waals surface area contributed by atoms with Crippen LogP contribution in [0.4, 0.5) is 17.1 Å². The first-order chi connectivity index (χ1) is 9.98. The zero-order chi connectivity index (χ0) is 15.0. The monoisotopic (exact) mass is 303 g/mol. The average molecular weight is 303 g/mol. The van der Waals surface area contributed by atoms with Crippen molar-refractivity contribution in [3.8, 4) is 0 Å². The Hall–Kier alpha value is -2.05. The van der Waals surface area contributed by atoms with Gasteiger partial charge in [-0.1, -0.05) is 24.3 Å². The third kappa shape index (κ3) is 2.48. The third-order valence-corrected chi connectivity index (χ3v) is 4.72. The minimum Gasteiger partial charge on any atom is -0.396 e. The predicted molar refractivity (Wildman–Crippen MR) is 84.0 cm³/mol. The number of nitrogens with zero attached hydrogens (tertiary/aromatic N) is 1. The normalized spacial score (nSPS) is 14.8. The highest BCUT2D eigenvalue weighted by molar-refractivity contribution is 7.89. The summed E-state index contributed by atoms with van der Waals surface area (Å²) in [7, 11) is -3.82. The van der Waals surface area contributed by atoms with E-state index in [1.165, 1.54) is 11.6 Å². The van der Waals surface area contributed by atoms with E-state index in [0.29, 0.717) is 5.69 Å². The average Bonchev–Trinajstić information content (AvgIpc) is 2.46. The van der Waals surface area contributed by atoms with E-state index in [2.05, 4.69) is 11.0 Å². The molecule has 1 aliphatic rings. The van der Waals surface area contributed by atoms with E-state index in [1.54, 1.807) is 6.07 Å². The molecule has 0 saturated carbocycles. The van der Waals surface area contributed by atoms with Crippen molar-refractivity contribution in [2.45, 2.75) is 17.7 Å². The lowest BCUT2D eigenvalue weighted by Crippen LogP contribution is -2.26. The summed E-state index contributed by atoms with van der Waals surface area (Å²) in [6.07, 6.45) is 2.01. The van der Waals surface area contributed by atoms with E-state index < -0.39 is 10.0 Å². The van der Waals surface area contributed by atoms with Crippen molar-refractivity contribution < 1.29 is 8.42 Å². The van der Waals surface area contributed by atoms with E-state index in [1.807, 2.05) is 24.3 Å². The number of benzene rings is 2. The molecule has 0 amide bonds. The summed E-state index contributed by atoms with van der Waals surface area (Å²) in [5, 5.41) is 5.22. The molecule has 0 spiro atoms. The highest BCUT2D eigenvalue weighted by Gasteiger charge is 2.22. The number of hydrogen-bond acceptors (Lipinski definition) is 4. The van der Waals surface area contributed by atoms with Gasteiger partial charge in [-0.15, -0.1) is 0 Å². The number of anilines is 3. The largest absolute Gasteiger partial charge is 0.396 e. The Bertz CT molecular complexity index is 787. The SMILES string of the molecule is Nc1c(N2CCCc3ccccc32)cccc1S(N)(=O)=O. The minimum atomic E-state index is -3.82. The quantitative estimate of drug-likeness (QED) is 0.830. The van der Waals surface area contributed by atoms with Gasteiger partial charge in [0.1, 0.15) is 4.90 Å². The van der Waals surface area contributed by atoms with Crippen LogP contribution in [0.2, 0.25) is 0 Å². The number of para-hydroxylation sites is 2. The summed E-state index contributed by atoms with van der Waals surface area (Å²) < 4.78 is 23.2. The topological polar surface area (TPSA) is 89.4 Å². The summed E-state index contributed by atoms with van der Waals surface area (Å²) in [5.41, 5.74) is 9.26. The zero-order valence-corrected chi connectivity index (χ0v) is 12.3. The van der Waals surface area contributed by atoms with Crippen LogP contribution < -0.4 is 15.8 Å². The Labute approximate surface area is 124 Å². The molecule has 110 valence electrons. The van der Waals surface area contributed by atoms with Crippen LogP contribution in [-0.2, 0) is 16.4 Å². The summed E-state index contributed by atoms with van der Waals surface area (Å²) >= 11 is 0. The Balaban J connectivity index is 2.15. The fourth-order valence-electron chi connectivity index (χ4n) is 2.80. The number of nitrogens with two attached hydrogens (primary N) is 2. The van der Waals surface area contributed by atoms with Crippen LogP contribution in [0.15, 0.2) is 47.4 Å². The van der Waals surface area contributed by atoms with E-state index in [4.69, 9.17) is 10.9 Å². The molecule has 1 heterocycles. The zero-order valence-electron chi connectivity index (χ0n) is 11.5. The fourth-order valence-corrected chi connectivity index (χ4v) is 3.48. The molecule has 4 N–H and O–H groups in total. The highest BCUT2D eigenvalue weighted by atomic mass is 32.2. The molecule has 0 radical (unpaired) electrons. The molecule has 0 fully saturated rings. The Kier molecular flexibility index (Phi) is 3.35. The molecule has 0 bridgehead atoms. The molecule has 6 heteroatoms. The lowest BCUT2D eigenvalue weighted by molar-refractivity contribution is 0.598. The van der Waals surface area contributed by atoms with Crippen molar-refractivity contribution in [1.82, 2.24) is 0 Å². The minimum absolute atomic E-state index is 0.0249. The molecule has 2 aromatic rings. The van der Waals surface area contributed by atoms with Gasteiger partial charge < -0.3 is 10.6 Å². The lowest BCUT2D eigenvalue weighted by atomic mass is 10.0. The van der Waals surface area contributed by atoms with Gasteiger partial charge in [0, 0.05) is 12.2 Å². The number of nitrogen functional groups attached to an aromatic ring is 1. The molecular formula is C15H17N3O2S. The van der Waals surface area contributed by atoms with Crippen molar-refractivity contribution >= 4 is 27.1 Å². The molecule has 0 unspecified atom stereocenters. The second kappa shape index (κ2) is 5.05. The predicted octanol–water partition coefficient (Wildman–Crippen LogP) is 2.00. The van der Waals surface area contributed by atoms with Gasteiger partial charge in [-0.3, -0.25) is 0 Å². The lowest BCUT2D eigenvalue weighted by Gasteiger charge is -2.32. The maximum Gasteiger partial charge on any atom is 0.240 e. The van der Waals surface area contributed by atoms with Gasteiger partial charge in [0.25, 0.3) is 0 Å². The number of fused-ring (bicyclic) bond motifs is 1. The van der Waals surface area contributed by atoms with Crippen molar-refractivity contribution in [3.63, 3.8) is 0 Å². The molecular weight excluding hydrogens is 286 g/mol. The number of hydrogen-bond donors (Lipinski definition) is 2. The summed E-state index contributed by atoms with van der Waals surface area (Å²) in [4.78, 5) is 2.03. The van der Waals surface area contributed by atoms with Crippen LogP contribution in [0, 0.1) is 0 Å². The van der Waals surface area contributed by atoms with Crippen molar-refractivity contribution in [3.05, 3.63) is 48.0 Å². The number of rotatable bonds is 2. The maximum atomic E-state index is 11.6. The number of aryl methyl sites for hydroxylation is 1. The van der Waals surface area contributed by atoms with Gasteiger partial charge >= 0.3 is 0 Å². The van der Waals surface area contributed by atoms with Gasteiger partial charge in [-0.2, -0.15) is 0 Å². The van der Waals surface area contributed by atoms with Crippen LogP contribution in [0.1, 0.15) is 12.0 Å². The fraction of sp³-hybridized carbons (Fsp3) is 0.200. The molecule has 0 aliphatic carbocycles. The van der Waals surface area contributed by atoms with Gasteiger partial charge in [0.2, 0.25) is 10.0 Å². The summed E-state index contributed by atoms with van der Waals surface area (Å²) in [6, 6.07) is 13.0. The van der Waals surface area contributed by atoms with E-state index >= 15 is 0 Å². The van der Waals surface area contributed by atoms with Crippen LogP contribution in [-0.4, -0.2) is 15.0 Å². The Morgan fingerprint density at radius 1 is 1.00 bits per heavy atom. The van der Waals surface area contributed by atoms with Crippen molar-refractivity contribution in [1.29, 1.82) is 0 Å². The second-order valence-electron chi connectivity index (χ2n) is 5.12. The number of primary sulfonamides is 1. The summed E-state index contributed by atoms with van der Waals surface area (Å²) in [6.45, 7) is 0.801. The van der Waals surface area contributed by atoms with Gasteiger partial charge in [0.15, 0.2) is 0 Å². The maximum absolute atomic E-state index is 11.6. The van der Waals surface area contributed by atoms with E-state index in [-0.39, 0.29) is 10.6 Å². The van der Waals surface area contributed by atoms with Gasteiger partial charge in [-0.25, -0.2) is 13.6 Å². The van der Waals surface area contributed by atoms with Crippen molar-refractivity contribution in [2.75, 3.05) is 17.2 Å². The first-order valence-corrected chi connectivity index (χ1v) is 8.30. The molecule has 5 nitrogen and oxygen atoms in total. The van der Waals surface area contributed by atoms with Crippen LogP contribution in [0.3, 0.4) is 0 Å². The highest BCUT2D eigenvalue weighted by Crippen LogP contribution is 2.38. The van der Waals surface area contributed by atoms with Crippen LogP contribution in [0.25, 0.3) is 0 Å². The molecule has 0 atom stereocenters. The first-order valence-electron chi connectivity index (χ1n) is 6.75. The Morgan fingerprint density at radius 2 is 1.71 bits per heavy atom. The molecule has 2 aromatic carbocycles. The summed E-state index contributed by atoms with van der Waals surface area (Å²) in [5.74, 6) is 0. The molecule has 21 heavy (non-hydrogen) atoms. The van der Waals surface area contributed by atoms with Crippen molar-refractivity contribution in [2.24, 2.45) is 5.14 Å². The van der Waals surface area contributed by atoms with Gasteiger partial charge in [-0.05, 0) is 36.6 Å². The van der Waals surface area contributed by atoms with Gasteiger partial charge in [0.05, 0.1) is 11.4 Å². The smallest absolute Gasteiger partial charge is 0.240 e. The standard InChI is InChI=1S/C15H17N3O2S/c16-15-13(8-3-9-14(15)21(17,19)20)18-10-4-6-11-5-1-2-7-12(11)18/h1-3,5,7-9H,4,6,10,16H2,(H2,17,19,20). The molecule has 0 saturated heterocycles. The third-order valence-electron chi connectivity index (χ3n) is 3.75. The first kappa shape index (κ1) is 13.9.